The molecule has 3 heterocycles. The molecular formula is C19H15ClN4O. The lowest BCUT2D eigenvalue weighted by Gasteiger charge is -2.13. The van der Waals surface area contributed by atoms with E-state index >= 15 is 0 Å². The summed E-state index contributed by atoms with van der Waals surface area (Å²) in [6.45, 7) is 1.89. The van der Waals surface area contributed by atoms with Crippen molar-refractivity contribution in [3.8, 4) is 5.69 Å². The number of benzene rings is 1. The van der Waals surface area contributed by atoms with E-state index in [9.17, 15) is 4.79 Å². The zero-order chi connectivity index (χ0) is 17.1. The van der Waals surface area contributed by atoms with Gasteiger partial charge in [-0.1, -0.05) is 17.7 Å². The molecule has 1 aliphatic carbocycles. The fourth-order valence-electron chi connectivity index (χ4n) is 3.36. The van der Waals surface area contributed by atoms with Crippen LogP contribution in [0.2, 0.25) is 5.02 Å². The molecule has 6 heteroatoms. The number of halogens is 1. The molecule has 0 atom stereocenters. The van der Waals surface area contributed by atoms with Crippen LogP contribution in [0, 0.1) is 6.92 Å². The molecule has 0 saturated heterocycles. The van der Waals surface area contributed by atoms with E-state index in [2.05, 4.69) is 10.1 Å². The third-order valence-corrected chi connectivity index (χ3v) is 5.00. The molecule has 124 valence electrons. The van der Waals surface area contributed by atoms with Gasteiger partial charge in [-0.3, -0.25) is 19.0 Å². The summed E-state index contributed by atoms with van der Waals surface area (Å²) in [5, 5.41) is 7.03. The molecule has 5 nitrogen and oxygen atoms in total. The van der Waals surface area contributed by atoms with Crippen molar-refractivity contribution in [2.75, 3.05) is 0 Å². The fourth-order valence-corrected chi connectivity index (χ4v) is 3.52. The van der Waals surface area contributed by atoms with Crippen molar-refractivity contribution in [3.05, 3.63) is 63.8 Å². The molecule has 4 aromatic rings. The van der Waals surface area contributed by atoms with Gasteiger partial charge in [-0.25, -0.2) is 0 Å². The van der Waals surface area contributed by atoms with Crippen LogP contribution in [-0.2, 0) is 0 Å². The first-order valence-electron chi connectivity index (χ1n) is 8.28. The topological polar surface area (TPSA) is 52.7 Å². The van der Waals surface area contributed by atoms with Gasteiger partial charge in [0.1, 0.15) is 0 Å². The minimum atomic E-state index is -0.139. The highest BCUT2D eigenvalue weighted by Crippen LogP contribution is 2.36. The second kappa shape index (κ2) is 5.17. The van der Waals surface area contributed by atoms with Crippen molar-refractivity contribution < 1.29 is 0 Å². The van der Waals surface area contributed by atoms with E-state index in [1.165, 1.54) is 0 Å². The number of nitrogens with zero attached hydrogens (tertiary/aromatic N) is 4. The quantitative estimate of drug-likeness (QED) is 0.548. The predicted octanol–water partition coefficient (Wildman–Crippen LogP) is 4.03. The van der Waals surface area contributed by atoms with E-state index in [-0.39, 0.29) is 5.56 Å². The molecule has 1 saturated carbocycles. The lowest BCUT2D eigenvalue weighted by atomic mass is 10.1. The predicted molar refractivity (Wildman–Crippen MR) is 98.6 cm³/mol. The first-order valence-corrected chi connectivity index (χ1v) is 8.66. The smallest absolute Gasteiger partial charge is 0.273 e. The average Bonchev–Trinajstić information content (AvgIpc) is 3.35. The molecule has 25 heavy (non-hydrogen) atoms. The van der Waals surface area contributed by atoms with Crippen LogP contribution in [0.15, 0.2) is 47.5 Å². The summed E-state index contributed by atoms with van der Waals surface area (Å²) in [6.07, 6.45) is 5.95. The van der Waals surface area contributed by atoms with Crippen molar-refractivity contribution in [2.45, 2.75) is 25.8 Å². The molecule has 0 aliphatic heterocycles. The lowest BCUT2D eigenvalue weighted by Crippen LogP contribution is -2.20. The highest BCUT2D eigenvalue weighted by atomic mass is 35.5. The van der Waals surface area contributed by atoms with Crippen LogP contribution in [0.5, 0.6) is 0 Å². The lowest BCUT2D eigenvalue weighted by molar-refractivity contribution is 0.648. The number of pyridine rings is 2. The van der Waals surface area contributed by atoms with Gasteiger partial charge in [0, 0.05) is 28.2 Å². The minimum Gasteiger partial charge on any atom is -0.273 e. The van der Waals surface area contributed by atoms with Gasteiger partial charge in [0.05, 0.1) is 22.9 Å². The highest BCUT2D eigenvalue weighted by Gasteiger charge is 2.26. The van der Waals surface area contributed by atoms with Crippen LogP contribution in [0.4, 0.5) is 0 Å². The molecule has 5 rings (SSSR count). The van der Waals surface area contributed by atoms with Crippen LogP contribution < -0.4 is 5.56 Å². The van der Waals surface area contributed by atoms with Crippen LogP contribution in [-0.4, -0.2) is 19.3 Å². The molecule has 0 N–H and O–H groups in total. The Bertz CT molecular complexity index is 1200. The maximum Gasteiger partial charge on any atom is 0.284 e. The van der Waals surface area contributed by atoms with Gasteiger partial charge in [0.2, 0.25) is 0 Å². The van der Waals surface area contributed by atoms with Crippen molar-refractivity contribution in [1.82, 2.24) is 19.3 Å². The van der Waals surface area contributed by atoms with E-state index in [4.69, 9.17) is 11.6 Å². The van der Waals surface area contributed by atoms with Crippen molar-refractivity contribution in [1.29, 1.82) is 0 Å². The Hall–Kier alpha value is -2.66. The zero-order valence-corrected chi connectivity index (χ0v) is 14.4. The van der Waals surface area contributed by atoms with Gasteiger partial charge in [0.15, 0.2) is 5.52 Å². The number of aryl methyl sites for hydroxylation is 1. The third-order valence-electron chi connectivity index (χ3n) is 4.77. The normalized spacial score (nSPS) is 14.5. The second-order valence-electron chi connectivity index (χ2n) is 6.51. The van der Waals surface area contributed by atoms with Crippen molar-refractivity contribution in [3.63, 3.8) is 0 Å². The third kappa shape index (κ3) is 2.19. The number of rotatable bonds is 2. The van der Waals surface area contributed by atoms with E-state index in [1.54, 1.807) is 10.8 Å². The van der Waals surface area contributed by atoms with Gasteiger partial charge >= 0.3 is 0 Å². The molecule has 1 aromatic carbocycles. The maximum atomic E-state index is 13.3. The molecule has 0 amide bonds. The monoisotopic (exact) mass is 350 g/mol. The van der Waals surface area contributed by atoms with Crippen molar-refractivity contribution in [2.24, 2.45) is 0 Å². The fraction of sp³-hybridized carbons (Fsp3) is 0.211. The van der Waals surface area contributed by atoms with E-state index in [0.717, 1.165) is 40.5 Å². The Labute approximate surface area is 148 Å². The van der Waals surface area contributed by atoms with E-state index < -0.39 is 0 Å². The van der Waals surface area contributed by atoms with E-state index in [1.807, 2.05) is 48.1 Å². The minimum absolute atomic E-state index is 0.139. The SMILES string of the molecule is Cc1ncccc1-n1c(=O)c2nn(C3CC3)cc2c2ccc(Cl)cc21. The second-order valence-corrected chi connectivity index (χ2v) is 6.95. The Morgan fingerprint density at radius 2 is 2.04 bits per heavy atom. The van der Waals surface area contributed by atoms with Crippen LogP contribution >= 0.6 is 11.6 Å². The van der Waals surface area contributed by atoms with E-state index in [0.29, 0.717) is 16.6 Å². The van der Waals surface area contributed by atoms with Gasteiger partial charge in [-0.2, -0.15) is 5.10 Å². The van der Waals surface area contributed by atoms with Gasteiger partial charge in [-0.05, 0) is 44.0 Å². The molecule has 0 unspecified atom stereocenters. The summed E-state index contributed by atoms with van der Waals surface area (Å²) >= 11 is 6.24. The van der Waals surface area contributed by atoms with Crippen molar-refractivity contribution >= 4 is 33.4 Å². The summed E-state index contributed by atoms with van der Waals surface area (Å²) in [4.78, 5) is 17.6. The Kier molecular flexibility index (Phi) is 3.03. The molecule has 0 spiro atoms. The van der Waals surface area contributed by atoms with Crippen LogP contribution in [0.25, 0.3) is 27.5 Å². The summed E-state index contributed by atoms with van der Waals surface area (Å²) < 4.78 is 3.61. The molecule has 1 fully saturated rings. The zero-order valence-electron chi connectivity index (χ0n) is 13.6. The van der Waals surface area contributed by atoms with Crippen LogP contribution in [0.3, 0.4) is 0 Å². The first-order chi connectivity index (χ1) is 12.1. The largest absolute Gasteiger partial charge is 0.284 e. The molecule has 1 aliphatic rings. The van der Waals surface area contributed by atoms with Gasteiger partial charge < -0.3 is 0 Å². The van der Waals surface area contributed by atoms with Gasteiger partial charge in [-0.15, -0.1) is 0 Å². The number of fused-ring (bicyclic) bond motifs is 3. The number of aromatic nitrogens is 4. The number of hydrogen-bond acceptors (Lipinski definition) is 3. The molecular weight excluding hydrogens is 336 g/mol. The number of hydrogen-bond donors (Lipinski definition) is 0. The summed E-state index contributed by atoms with van der Waals surface area (Å²) in [7, 11) is 0. The standard InChI is InChI=1S/C19H15ClN4O/c1-11-16(3-2-8-21-11)24-17-9-12(20)4-7-14(17)15-10-23(13-5-6-13)22-18(15)19(24)25/h2-4,7-10,13H,5-6H2,1H3. The summed E-state index contributed by atoms with van der Waals surface area (Å²) in [6, 6.07) is 9.79. The molecule has 0 radical (unpaired) electrons. The average molecular weight is 351 g/mol. The summed E-state index contributed by atoms with van der Waals surface area (Å²) in [5.41, 5.74) is 2.66. The van der Waals surface area contributed by atoms with Crippen LogP contribution in [0.1, 0.15) is 24.6 Å². The molecule has 0 bridgehead atoms. The molecule has 3 aromatic heterocycles. The Balaban J connectivity index is 1.98. The Morgan fingerprint density at radius 3 is 2.80 bits per heavy atom. The highest BCUT2D eigenvalue weighted by molar-refractivity contribution is 6.31. The Morgan fingerprint density at radius 1 is 1.20 bits per heavy atom. The summed E-state index contributed by atoms with van der Waals surface area (Å²) in [5.74, 6) is 0. The first kappa shape index (κ1) is 14.7. The maximum absolute atomic E-state index is 13.3. The van der Waals surface area contributed by atoms with Gasteiger partial charge in [0.25, 0.3) is 5.56 Å².